The molecule has 1 heterocycles. The number of hydrogen-bond acceptors (Lipinski definition) is 4. The maximum atomic E-state index is 12.0. The highest BCUT2D eigenvalue weighted by molar-refractivity contribution is 7.08. The Labute approximate surface area is 119 Å². The van der Waals surface area contributed by atoms with Crippen molar-refractivity contribution < 1.29 is 19.4 Å². The lowest BCUT2D eigenvalue weighted by molar-refractivity contribution is -0.139. The smallest absolute Gasteiger partial charge is 0.341 e. The number of amides is 1. The Kier molecular flexibility index (Phi) is 4.37. The van der Waals surface area contributed by atoms with Gasteiger partial charge in [-0.1, -0.05) is 0 Å². The van der Waals surface area contributed by atoms with Gasteiger partial charge in [0.15, 0.2) is 6.61 Å². The number of nitrogens with one attached hydrogen (secondary N) is 1. The molecule has 104 valence electrons. The number of thiophene rings is 1. The van der Waals surface area contributed by atoms with Gasteiger partial charge >= 0.3 is 5.97 Å². The molecule has 6 heteroatoms. The van der Waals surface area contributed by atoms with Crippen LogP contribution in [0.3, 0.4) is 0 Å². The molecule has 5 nitrogen and oxygen atoms in total. The van der Waals surface area contributed by atoms with Crippen LogP contribution in [0, 0.1) is 6.92 Å². The van der Waals surface area contributed by atoms with Gasteiger partial charge in [-0.05, 0) is 42.1 Å². The van der Waals surface area contributed by atoms with Crippen molar-refractivity contribution in [2.45, 2.75) is 6.92 Å². The summed E-state index contributed by atoms with van der Waals surface area (Å²) in [6.45, 7) is 1.49. The lowest BCUT2D eigenvalue weighted by atomic mass is 10.2. The maximum Gasteiger partial charge on any atom is 0.341 e. The molecule has 2 rings (SSSR count). The van der Waals surface area contributed by atoms with Crippen LogP contribution < -0.4 is 10.1 Å². The molecule has 0 radical (unpaired) electrons. The zero-order valence-corrected chi connectivity index (χ0v) is 11.6. The Balaban J connectivity index is 1.99. The third-order valence-corrected chi connectivity index (χ3v) is 3.44. The third kappa shape index (κ3) is 3.58. The third-order valence-electron chi connectivity index (χ3n) is 2.57. The lowest BCUT2D eigenvalue weighted by Gasteiger charge is -2.07. The Morgan fingerprint density at radius 1 is 1.25 bits per heavy atom. The summed E-state index contributed by atoms with van der Waals surface area (Å²) in [6, 6.07) is 6.55. The van der Waals surface area contributed by atoms with Crippen LogP contribution in [0.5, 0.6) is 5.75 Å². The first-order valence-corrected chi connectivity index (χ1v) is 6.79. The van der Waals surface area contributed by atoms with E-state index in [1.165, 1.54) is 11.3 Å². The van der Waals surface area contributed by atoms with Gasteiger partial charge in [-0.2, -0.15) is 11.3 Å². The average Bonchev–Trinajstić information content (AvgIpc) is 2.84. The molecule has 1 aromatic carbocycles. The zero-order valence-electron chi connectivity index (χ0n) is 10.8. The summed E-state index contributed by atoms with van der Waals surface area (Å²) in [4.78, 5) is 22.3. The summed E-state index contributed by atoms with van der Waals surface area (Å²) < 4.78 is 5.01. The normalized spacial score (nSPS) is 10.1. The van der Waals surface area contributed by atoms with Crippen molar-refractivity contribution in [3.05, 3.63) is 46.2 Å². The number of carboxylic acid groups (broad SMARTS) is 1. The fourth-order valence-electron chi connectivity index (χ4n) is 1.57. The number of carbonyl (C=O) groups is 2. The fraction of sp³-hybridized carbons (Fsp3) is 0.143. The lowest BCUT2D eigenvalue weighted by Crippen LogP contribution is -2.12. The minimum Gasteiger partial charge on any atom is -0.482 e. The maximum absolute atomic E-state index is 12.0. The second-order valence-electron chi connectivity index (χ2n) is 4.13. The number of carboxylic acids is 1. The molecular weight excluding hydrogens is 278 g/mol. The number of benzene rings is 1. The number of aryl methyl sites for hydroxylation is 1. The second kappa shape index (κ2) is 6.21. The number of rotatable bonds is 5. The highest BCUT2D eigenvalue weighted by Crippen LogP contribution is 2.18. The summed E-state index contributed by atoms with van der Waals surface area (Å²) in [5.74, 6) is -0.754. The Morgan fingerprint density at radius 3 is 2.50 bits per heavy atom. The Morgan fingerprint density at radius 2 is 1.95 bits per heavy atom. The van der Waals surface area contributed by atoms with E-state index in [-0.39, 0.29) is 12.5 Å². The minimum absolute atomic E-state index is 0.164. The number of carbonyl (C=O) groups excluding carboxylic acids is 1. The van der Waals surface area contributed by atoms with E-state index in [1.54, 1.807) is 29.6 Å². The summed E-state index contributed by atoms with van der Waals surface area (Å²) in [5.41, 5.74) is 2.22. The molecule has 0 atom stereocenters. The first-order valence-electron chi connectivity index (χ1n) is 5.85. The highest BCUT2D eigenvalue weighted by atomic mass is 32.1. The van der Waals surface area contributed by atoms with Crippen LogP contribution in [-0.4, -0.2) is 23.6 Å². The topological polar surface area (TPSA) is 75.6 Å². The second-order valence-corrected chi connectivity index (χ2v) is 4.87. The zero-order chi connectivity index (χ0) is 14.5. The van der Waals surface area contributed by atoms with E-state index in [1.807, 2.05) is 12.3 Å². The van der Waals surface area contributed by atoms with Crippen molar-refractivity contribution in [1.82, 2.24) is 0 Å². The number of hydrogen-bond donors (Lipinski definition) is 2. The van der Waals surface area contributed by atoms with E-state index in [0.29, 0.717) is 17.0 Å². The molecule has 0 bridgehead atoms. The van der Waals surface area contributed by atoms with Crippen LogP contribution in [-0.2, 0) is 4.79 Å². The molecule has 0 saturated heterocycles. The highest BCUT2D eigenvalue weighted by Gasteiger charge is 2.10. The summed E-state index contributed by atoms with van der Waals surface area (Å²) >= 11 is 1.48. The van der Waals surface area contributed by atoms with Crippen molar-refractivity contribution >= 4 is 28.9 Å². The van der Waals surface area contributed by atoms with Crippen molar-refractivity contribution in [1.29, 1.82) is 0 Å². The van der Waals surface area contributed by atoms with Crippen molar-refractivity contribution in [3.63, 3.8) is 0 Å². The molecule has 0 spiro atoms. The van der Waals surface area contributed by atoms with E-state index < -0.39 is 5.97 Å². The first-order chi connectivity index (χ1) is 9.56. The van der Waals surface area contributed by atoms with E-state index in [4.69, 9.17) is 9.84 Å². The van der Waals surface area contributed by atoms with Crippen LogP contribution in [0.25, 0.3) is 0 Å². The summed E-state index contributed by atoms with van der Waals surface area (Å²) in [6.07, 6.45) is 0. The van der Waals surface area contributed by atoms with Crippen LogP contribution in [0.2, 0.25) is 0 Å². The van der Waals surface area contributed by atoms with E-state index in [0.717, 1.165) is 5.56 Å². The van der Waals surface area contributed by atoms with Gasteiger partial charge in [-0.25, -0.2) is 4.79 Å². The predicted molar refractivity (Wildman–Crippen MR) is 76.6 cm³/mol. The predicted octanol–water partition coefficient (Wildman–Crippen LogP) is 2.77. The van der Waals surface area contributed by atoms with E-state index in [9.17, 15) is 9.59 Å². The molecule has 20 heavy (non-hydrogen) atoms. The van der Waals surface area contributed by atoms with Crippen LogP contribution >= 0.6 is 11.3 Å². The Bertz CT molecular complexity index is 618. The minimum atomic E-state index is -1.03. The molecule has 2 aromatic rings. The van der Waals surface area contributed by atoms with E-state index >= 15 is 0 Å². The average molecular weight is 291 g/mol. The Hall–Kier alpha value is -2.34. The van der Waals surface area contributed by atoms with Crippen LogP contribution in [0.15, 0.2) is 35.0 Å². The largest absolute Gasteiger partial charge is 0.482 e. The fourth-order valence-corrected chi connectivity index (χ4v) is 2.40. The number of anilines is 1. The van der Waals surface area contributed by atoms with Crippen LogP contribution in [0.4, 0.5) is 5.69 Å². The molecule has 0 aliphatic rings. The molecule has 0 aliphatic heterocycles. The molecule has 2 N–H and O–H groups in total. The summed E-state index contributed by atoms with van der Waals surface area (Å²) in [7, 11) is 0. The molecule has 0 saturated carbocycles. The number of ether oxygens (including phenoxy) is 1. The van der Waals surface area contributed by atoms with Crippen molar-refractivity contribution in [2.75, 3.05) is 11.9 Å². The molecule has 0 aliphatic carbocycles. The van der Waals surface area contributed by atoms with Crippen molar-refractivity contribution in [2.24, 2.45) is 0 Å². The molecule has 1 aromatic heterocycles. The van der Waals surface area contributed by atoms with E-state index in [2.05, 4.69) is 5.32 Å². The van der Waals surface area contributed by atoms with Gasteiger partial charge in [0.05, 0.1) is 5.56 Å². The first kappa shape index (κ1) is 14.1. The van der Waals surface area contributed by atoms with Gasteiger partial charge in [0.2, 0.25) is 0 Å². The van der Waals surface area contributed by atoms with Gasteiger partial charge in [0, 0.05) is 11.1 Å². The molecule has 1 amide bonds. The van der Waals surface area contributed by atoms with Gasteiger partial charge in [0.1, 0.15) is 5.75 Å². The van der Waals surface area contributed by atoms with Gasteiger partial charge in [0.25, 0.3) is 5.91 Å². The van der Waals surface area contributed by atoms with Gasteiger partial charge < -0.3 is 15.2 Å². The molecular formula is C14H13NO4S. The summed E-state index contributed by atoms with van der Waals surface area (Å²) in [5, 5.41) is 15.0. The van der Waals surface area contributed by atoms with Crippen molar-refractivity contribution in [3.8, 4) is 5.75 Å². The van der Waals surface area contributed by atoms with Gasteiger partial charge in [-0.3, -0.25) is 4.79 Å². The number of aliphatic carboxylic acids is 1. The molecule has 0 fully saturated rings. The monoisotopic (exact) mass is 291 g/mol. The van der Waals surface area contributed by atoms with Gasteiger partial charge in [-0.15, -0.1) is 0 Å². The quantitative estimate of drug-likeness (QED) is 0.888. The SMILES string of the molecule is Cc1cscc1C(=O)Nc1ccc(OCC(=O)O)cc1. The standard InChI is InChI=1S/C14H13NO4S/c1-9-7-20-8-12(9)14(18)15-10-2-4-11(5-3-10)19-6-13(16)17/h2-5,7-8H,6H2,1H3,(H,15,18)(H,16,17). The van der Waals surface area contributed by atoms with Crippen LogP contribution in [0.1, 0.15) is 15.9 Å². The molecule has 0 unspecified atom stereocenters.